The van der Waals surface area contributed by atoms with E-state index in [4.69, 9.17) is 10.2 Å². The maximum absolute atomic E-state index is 12.6. The molecule has 1 fully saturated rings. The average molecular weight is 406 g/mol. The molecule has 0 bridgehead atoms. The summed E-state index contributed by atoms with van der Waals surface area (Å²) < 4.78 is 1.82. The molecule has 9 heteroatoms. The molecule has 1 saturated carbocycles. The van der Waals surface area contributed by atoms with Gasteiger partial charge in [-0.2, -0.15) is 10.4 Å². The number of nitriles is 1. The Kier molecular flexibility index (Phi) is 5.39. The number of fused-ring (bicyclic) bond motifs is 1. The number of anilines is 2. The summed E-state index contributed by atoms with van der Waals surface area (Å²) in [6.07, 6.45) is 4.27. The van der Waals surface area contributed by atoms with E-state index >= 15 is 0 Å². The Labute approximate surface area is 172 Å². The molecule has 1 aromatic carbocycles. The normalized spacial score (nSPS) is 18.6. The second kappa shape index (κ2) is 8.29. The van der Waals surface area contributed by atoms with Crippen LogP contribution in [0.3, 0.4) is 0 Å². The average Bonchev–Trinajstić information content (AvgIpc) is 3.12. The van der Waals surface area contributed by atoms with Crippen LogP contribution in [0.1, 0.15) is 37.3 Å². The van der Waals surface area contributed by atoms with Crippen LogP contribution in [-0.2, 0) is 6.54 Å². The highest BCUT2D eigenvalue weighted by Crippen LogP contribution is 2.36. The van der Waals surface area contributed by atoms with Gasteiger partial charge in [-0.15, -0.1) is 0 Å². The fourth-order valence-electron chi connectivity index (χ4n) is 4.01. The van der Waals surface area contributed by atoms with E-state index in [9.17, 15) is 14.9 Å². The second-order valence-corrected chi connectivity index (χ2v) is 7.43. The SMILES string of the molecule is N#C[C@H]1CCCC[C@@H]1n1nc(Nc2ccc(CNC(=O)O)cc2)c2c(=O)[nH]ccc21. The summed E-state index contributed by atoms with van der Waals surface area (Å²) in [6.45, 7) is 0.212. The summed E-state index contributed by atoms with van der Waals surface area (Å²) in [5.41, 5.74) is 2.00. The molecule has 0 saturated heterocycles. The molecule has 2 atom stereocenters. The Morgan fingerprint density at radius 2 is 2.03 bits per heavy atom. The summed E-state index contributed by atoms with van der Waals surface area (Å²) in [7, 11) is 0. The van der Waals surface area contributed by atoms with Crippen LogP contribution >= 0.6 is 0 Å². The lowest BCUT2D eigenvalue weighted by Crippen LogP contribution is -2.23. The Morgan fingerprint density at radius 3 is 2.77 bits per heavy atom. The van der Waals surface area contributed by atoms with Gasteiger partial charge in [-0.3, -0.25) is 9.48 Å². The predicted octanol–water partition coefficient (Wildman–Crippen LogP) is 3.49. The highest BCUT2D eigenvalue weighted by Gasteiger charge is 2.29. The lowest BCUT2D eigenvalue weighted by atomic mass is 9.85. The van der Waals surface area contributed by atoms with Gasteiger partial charge in [-0.1, -0.05) is 25.0 Å². The van der Waals surface area contributed by atoms with Crippen LogP contribution in [0.2, 0.25) is 0 Å². The van der Waals surface area contributed by atoms with Gasteiger partial charge in [-0.05, 0) is 36.6 Å². The van der Waals surface area contributed by atoms with Crippen LogP contribution in [0, 0.1) is 17.2 Å². The minimum absolute atomic E-state index is 0.0620. The highest BCUT2D eigenvalue weighted by atomic mass is 16.4. The fraction of sp³-hybridized carbons (Fsp3) is 0.333. The molecule has 154 valence electrons. The Morgan fingerprint density at radius 1 is 1.27 bits per heavy atom. The van der Waals surface area contributed by atoms with Crippen LogP contribution in [0.5, 0.6) is 0 Å². The molecule has 0 radical (unpaired) electrons. The topological polar surface area (TPSA) is 136 Å². The minimum atomic E-state index is -1.08. The van der Waals surface area contributed by atoms with Crippen molar-refractivity contribution in [2.45, 2.75) is 38.3 Å². The number of nitrogens with zero attached hydrogens (tertiary/aromatic N) is 3. The third-order valence-corrected chi connectivity index (χ3v) is 5.50. The van der Waals surface area contributed by atoms with Crippen molar-refractivity contribution >= 4 is 28.5 Å². The van der Waals surface area contributed by atoms with E-state index in [0.29, 0.717) is 16.7 Å². The van der Waals surface area contributed by atoms with Gasteiger partial charge in [0.05, 0.1) is 23.5 Å². The zero-order chi connectivity index (χ0) is 21.1. The first kappa shape index (κ1) is 19.5. The van der Waals surface area contributed by atoms with E-state index in [0.717, 1.165) is 36.9 Å². The molecule has 1 aliphatic carbocycles. The van der Waals surface area contributed by atoms with E-state index < -0.39 is 6.09 Å². The van der Waals surface area contributed by atoms with Crippen molar-refractivity contribution in [2.75, 3.05) is 5.32 Å². The van der Waals surface area contributed by atoms with Gasteiger partial charge < -0.3 is 20.7 Å². The van der Waals surface area contributed by atoms with Gasteiger partial charge in [0.25, 0.3) is 5.56 Å². The van der Waals surface area contributed by atoms with E-state index in [-0.39, 0.29) is 24.1 Å². The monoisotopic (exact) mass is 406 g/mol. The maximum atomic E-state index is 12.6. The number of rotatable bonds is 5. The van der Waals surface area contributed by atoms with E-state index in [1.165, 1.54) is 0 Å². The first-order chi connectivity index (χ1) is 14.6. The Bertz CT molecular complexity index is 1160. The molecule has 0 aliphatic heterocycles. The first-order valence-electron chi connectivity index (χ1n) is 9.89. The molecule has 2 aromatic heterocycles. The third kappa shape index (κ3) is 3.85. The lowest BCUT2D eigenvalue weighted by Gasteiger charge is -2.27. The van der Waals surface area contributed by atoms with Crippen molar-refractivity contribution < 1.29 is 9.90 Å². The van der Waals surface area contributed by atoms with Crippen molar-refractivity contribution in [1.29, 1.82) is 5.26 Å². The minimum Gasteiger partial charge on any atom is -0.465 e. The van der Waals surface area contributed by atoms with E-state index in [1.807, 2.05) is 10.7 Å². The van der Waals surface area contributed by atoms with Crippen LogP contribution in [0.4, 0.5) is 16.3 Å². The van der Waals surface area contributed by atoms with Crippen molar-refractivity contribution in [2.24, 2.45) is 5.92 Å². The largest absolute Gasteiger partial charge is 0.465 e. The second-order valence-electron chi connectivity index (χ2n) is 7.43. The predicted molar refractivity (Wildman–Crippen MR) is 112 cm³/mol. The van der Waals surface area contributed by atoms with Gasteiger partial charge in [0.2, 0.25) is 0 Å². The lowest BCUT2D eigenvalue weighted by molar-refractivity contribution is 0.194. The molecule has 1 aliphatic rings. The van der Waals surface area contributed by atoms with Crippen molar-refractivity contribution in [3.63, 3.8) is 0 Å². The number of benzene rings is 1. The number of H-pyrrole nitrogens is 1. The quantitative estimate of drug-likeness (QED) is 0.512. The molecule has 2 heterocycles. The standard InChI is InChI=1S/C21H22N6O3/c22-11-14-3-1-2-4-16(14)27-17-9-10-23-20(28)18(17)19(26-27)25-15-7-5-13(6-8-15)12-24-21(29)30/h5-10,14,16,24H,1-4,12H2,(H,23,28)(H,25,26)(H,29,30)/t14-,16+/m1/s1. The number of hydrogen-bond donors (Lipinski definition) is 4. The molecule has 0 spiro atoms. The van der Waals surface area contributed by atoms with E-state index in [2.05, 4.69) is 21.7 Å². The summed E-state index contributed by atoms with van der Waals surface area (Å²) in [5, 5.41) is 29.0. The molecule has 30 heavy (non-hydrogen) atoms. The Balaban J connectivity index is 1.67. The summed E-state index contributed by atoms with van der Waals surface area (Å²) >= 11 is 0. The van der Waals surface area contributed by atoms with Gasteiger partial charge in [-0.25, -0.2) is 4.79 Å². The smallest absolute Gasteiger partial charge is 0.404 e. The number of carboxylic acid groups (broad SMARTS) is 1. The molecular weight excluding hydrogens is 384 g/mol. The fourth-order valence-corrected chi connectivity index (χ4v) is 4.01. The van der Waals surface area contributed by atoms with Crippen LogP contribution in [-0.4, -0.2) is 26.0 Å². The van der Waals surface area contributed by atoms with Crippen molar-refractivity contribution in [3.8, 4) is 6.07 Å². The number of amides is 1. The van der Waals surface area contributed by atoms with Crippen molar-refractivity contribution in [3.05, 3.63) is 52.4 Å². The number of hydrogen-bond acceptors (Lipinski definition) is 5. The van der Waals surface area contributed by atoms with Gasteiger partial charge in [0.15, 0.2) is 5.82 Å². The van der Waals surface area contributed by atoms with Gasteiger partial charge in [0, 0.05) is 18.4 Å². The molecule has 4 rings (SSSR count). The molecular formula is C21H22N6O3. The number of aromatic amines is 1. The van der Waals surface area contributed by atoms with Gasteiger partial charge in [0.1, 0.15) is 5.39 Å². The zero-order valence-corrected chi connectivity index (χ0v) is 16.3. The van der Waals surface area contributed by atoms with Crippen LogP contribution < -0.4 is 16.2 Å². The van der Waals surface area contributed by atoms with Crippen LogP contribution in [0.15, 0.2) is 41.3 Å². The maximum Gasteiger partial charge on any atom is 0.404 e. The summed E-state index contributed by atoms with van der Waals surface area (Å²) in [5.74, 6) is 0.306. The van der Waals surface area contributed by atoms with Crippen molar-refractivity contribution in [1.82, 2.24) is 20.1 Å². The molecule has 1 amide bonds. The molecule has 3 aromatic rings. The number of pyridine rings is 1. The third-order valence-electron chi connectivity index (χ3n) is 5.50. The highest BCUT2D eigenvalue weighted by molar-refractivity contribution is 5.91. The number of nitrogens with one attached hydrogen (secondary N) is 3. The number of carbonyl (C=O) groups is 1. The number of aromatic nitrogens is 3. The molecule has 4 N–H and O–H groups in total. The summed E-state index contributed by atoms with van der Waals surface area (Å²) in [6, 6.07) is 11.4. The van der Waals surface area contributed by atoms with E-state index in [1.54, 1.807) is 30.5 Å². The van der Waals surface area contributed by atoms with Gasteiger partial charge >= 0.3 is 6.09 Å². The first-order valence-corrected chi connectivity index (χ1v) is 9.89. The molecule has 9 nitrogen and oxygen atoms in total. The van der Waals surface area contributed by atoms with Crippen LogP contribution in [0.25, 0.3) is 10.9 Å². The Hall–Kier alpha value is -3.80. The molecule has 0 unspecified atom stereocenters. The summed E-state index contributed by atoms with van der Waals surface area (Å²) in [4.78, 5) is 25.9. The zero-order valence-electron chi connectivity index (χ0n) is 16.3.